The van der Waals surface area contributed by atoms with Crippen LogP contribution in [0.4, 0.5) is 15.8 Å². The fourth-order valence-electron chi connectivity index (χ4n) is 2.02. The van der Waals surface area contributed by atoms with Crippen LogP contribution in [-0.4, -0.2) is 23.3 Å². The molecule has 2 N–H and O–H groups in total. The van der Waals surface area contributed by atoms with Crippen LogP contribution in [0.2, 0.25) is 0 Å². The van der Waals surface area contributed by atoms with Gasteiger partial charge in [0, 0.05) is 11.4 Å². The van der Waals surface area contributed by atoms with Gasteiger partial charge in [-0.15, -0.1) is 11.8 Å². The molecule has 0 atom stereocenters. The first-order valence-electron chi connectivity index (χ1n) is 7.44. The zero-order valence-electron chi connectivity index (χ0n) is 13.6. The van der Waals surface area contributed by atoms with Gasteiger partial charge in [0.25, 0.3) is 0 Å². The molecule has 126 valence electrons. The molecule has 0 aliphatic heterocycles. The Morgan fingerprint density at radius 3 is 2.17 bits per heavy atom. The monoisotopic (exact) mass is 346 g/mol. The van der Waals surface area contributed by atoms with E-state index in [4.69, 9.17) is 0 Å². The minimum absolute atomic E-state index is 0.122. The lowest BCUT2D eigenvalue weighted by molar-refractivity contribution is -0.114. The van der Waals surface area contributed by atoms with E-state index >= 15 is 0 Å². The van der Waals surface area contributed by atoms with Gasteiger partial charge in [-0.1, -0.05) is 18.2 Å². The summed E-state index contributed by atoms with van der Waals surface area (Å²) < 4.78 is 13.4. The highest BCUT2D eigenvalue weighted by molar-refractivity contribution is 8.00. The number of amides is 2. The van der Waals surface area contributed by atoms with E-state index in [1.54, 1.807) is 19.1 Å². The third-order valence-corrected chi connectivity index (χ3v) is 4.16. The summed E-state index contributed by atoms with van der Waals surface area (Å²) in [6.07, 6.45) is 0. The number of rotatable bonds is 6. The van der Waals surface area contributed by atoms with E-state index in [2.05, 4.69) is 10.6 Å². The molecule has 6 heteroatoms. The maximum Gasteiger partial charge on any atom is 0.234 e. The molecule has 0 bridgehead atoms. The fourth-order valence-corrected chi connectivity index (χ4v) is 2.64. The maximum absolute atomic E-state index is 13.4. The number of aryl methyl sites for hydroxylation is 2. The van der Waals surface area contributed by atoms with Gasteiger partial charge in [0.2, 0.25) is 11.8 Å². The summed E-state index contributed by atoms with van der Waals surface area (Å²) >= 11 is 1.20. The van der Waals surface area contributed by atoms with Crippen LogP contribution in [0.5, 0.6) is 0 Å². The largest absolute Gasteiger partial charge is 0.325 e. The Hall–Kier alpha value is -2.34. The molecule has 2 aromatic rings. The molecule has 0 saturated carbocycles. The third kappa shape index (κ3) is 5.70. The van der Waals surface area contributed by atoms with E-state index < -0.39 is 0 Å². The lowest BCUT2D eigenvalue weighted by Crippen LogP contribution is -2.18. The number of thioether (sulfide) groups is 1. The predicted molar refractivity (Wildman–Crippen MR) is 96.9 cm³/mol. The van der Waals surface area contributed by atoms with Gasteiger partial charge >= 0.3 is 0 Å². The molecule has 4 nitrogen and oxygen atoms in total. The third-order valence-electron chi connectivity index (χ3n) is 3.22. The van der Waals surface area contributed by atoms with Crippen LogP contribution in [0.1, 0.15) is 11.1 Å². The van der Waals surface area contributed by atoms with E-state index in [1.807, 2.05) is 31.2 Å². The van der Waals surface area contributed by atoms with Crippen molar-refractivity contribution in [1.29, 1.82) is 0 Å². The van der Waals surface area contributed by atoms with Gasteiger partial charge in [0.1, 0.15) is 5.82 Å². The second kappa shape index (κ2) is 8.49. The molecule has 24 heavy (non-hydrogen) atoms. The Labute approximate surface area is 144 Å². The zero-order valence-corrected chi connectivity index (χ0v) is 14.4. The van der Waals surface area contributed by atoms with Crippen molar-refractivity contribution < 1.29 is 14.0 Å². The highest BCUT2D eigenvalue weighted by atomic mass is 32.2. The summed E-state index contributed by atoms with van der Waals surface area (Å²) in [5.74, 6) is -0.509. The van der Waals surface area contributed by atoms with Gasteiger partial charge in [-0.05, 0) is 49.2 Å². The van der Waals surface area contributed by atoms with Gasteiger partial charge in [-0.3, -0.25) is 9.59 Å². The van der Waals surface area contributed by atoms with E-state index in [0.29, 0.717) is 11.3 Å². The van der Waals surface area contributed by atoms with Crippen molar-refractivity contribution in [1.82, 2.24) is 0 Å². The summed E-state index contributed by atoms with van der Waals surface area (Å²) in [6, 6.07) is 12.0. The lowest BCUT2D eigenvalue weighted by atomic mass is 10.2. The van der Waals surface area contributed by atoms with Crippen LogP contribution in [-0.2, 0) is 9.59 Å². The number of halogens is 1. The Bertz CT molecular complexity index is 750. The van der Waals surface area contributed by atoms with E-state index in [-0.39, 0.29) is 29.1 Å². The number of anilines is 2. The maximum atomic E-state index is 13.4. The van der Waals surface area contributed by atoms with Crippen LogP contribution in [0.15, 0.2) is 42.5 Å². The molecule has 0 saturated heterocycles. The zero-order chi connectivity index (χ0) is 17.5. The molecule has 2 aromatic carbocycles. The number of benzene rings is 2. The minimum atomic E-state index is -0.363. The molecule has 0 aliphatic carbocycles. The average molecular weight is 346 g/mol. The highest BCUT2D eigenvalue weighted by Gasteiger charge is 2.08. The molecule has 0 heterocycles. The van der Waals surface area contributed by atoms with Crippen molar-refractivity contribution in [3.05, 3.63) is 59.4 Å². The molecule has 0 aromatic heterocycles. The van der Waals surface area contributed by atoms with Crippen molar-refractivity contribution in [3.8, 4) is 0 Å². The first-order chi connectivity index (χ1) is 11.4. The summed E-state index contributed by atoms with van der Waals surface area (Å²) in [5.41, 5.74) is 2.73. The molecule has 2 rings (SSSR count). The molecule has 2 amide bonds. The summed E-state index contributed by atoms with van der Waals surface area (Å²) in [4.78, 5) is 23.6. The molecule has 0 radical (unpaired) electrons. The Morgan fingerprint density at radius 1 is 0.958 bits per heavy atom. The Morgan fingerprint density at radius 2 is 1.58 bits per heavy atom. The van der Waals surface area contributed by atoms with E-state index in [9.17, 15) is 14.0 Å². The number of nitrogens with one attached hydrogen (secondary N) is 2. The summed E-state index contributed by atoms with van der Waals surface area (Å²) in [5, 5.41) is 5.39. The van der Waals surface area contributed by atoms with Crippen LogP contribution in [0, 0.1) is 19.7 Å². The predicted octanol–water partition coefficient (Wildman–Crippen LogP) is 3.75. The first-order valence-corrected chi connectivity index (χ1v) is 8.60. The smallest absolute Gasteiger partial charge is 0.234 e. The van der Waals surface area contributed by atoms with Crippen molar-refractivity contribution in [3.63, 3.8) is 0 Å². The van der Waals surface area contributed by atoms with Gasteiger partial charge < -0.3 is 10.6 Å². The average Bonchev–Trinajstić information content (AvgIpc) is 2.51. The Balaban J connectivity index is 1.73. The van der Waals surface area contributed by atoms with Gasteiger partial charge in [0.15, 0.2) is 0 Å². The SMILES string of the molecule is Cc1cccc(NC(=O)CSCC(=O)Nc2ccc(C)c(F)c2)c1. The molecular formula is C18H19FN2O2S. The normalized spacial score (nSPS) is 10.3. The van der Waals surface area contributed by atoms with Crippen molar-refractivity contribution in [2.45, 2.75) is 13.8 Å². The van der Waals surface area contributed by atoms with Crippen molar-refractivity contribution in [2.75, 3.05) is 22.1 Å². The van der Waals surface area contributed by atoms with Gasteiger partial charge in [0.05, 0.1) is 11.5 Å². The molecular weight excluding hydrogens is 327 g/mol. The van der Waals surface area contributed by atoms with Gasteiger partial charge in [-0.25, -0.2) is 4.39 Å². The summed E-state index contributed by atoms with van der Waals surface area (Å²) in [6.45, 7) is 3.60. The van der Waals surface area contributed by atoms with Crippen LogP contribution < -0.4 is 10.6 Å². The topological polar surface area (TPSA) is 58.2 Å². The highest BCUT2D eigenvalue weighted by Crippen LogP contribution is 2.14. The summed E-state index contributed by atoms with van der Waals surface area (Å²) in [7, 11) is 0. The molecule has 0 aliphatic rings. The minimum Gasteiger partial charge on any atom is -0.325 e. The van der Waals surface area contributed by atoms with Crippen LogP contribution >= 0.6 is 11.8 Å². The number of carbonyl (C=O) groups is 2. The molecule has 0 fully saturated rings. The Kier molecular flexibility index (Phi) is 6.37. The number of carbonyl (C=O) groups excluding carboxylic acids is 2. The second-order valence-corrected chi connectivity index (χ2v) is 6.41. The fraction of sp³-hybridized carbons (Fsp3) is 0.222. The van der Waals surface area contributed by atoms with E-state index in [1.165, 1.54) is 17.8 Å². The van der Waals surface area contributed by atoms with E-state index in [0.717, 1.165) is 11.3 Å². The first kappa shape index (κ1) is 18.0. The standard InChI is InChI=1S/C18H19FN2O2S/c1-12-4-3-5-14(8-12)20-17(22)10-24-11-18(23)21-15-7-6-13(2)16(19)9-15/h3-9H,10-11H2,1-2H3,(H,20,22)(H,21,23). The lowest BCUT2D eigenvalue weighted by Gasteiger charge is -2.07. The molecule has 0 spiro atoms. The van der Waals surface area contributed by atoms with Crippen LogP contribution in [0.3, 0.4) is 0 Å². The van der Waals surface area contributed by atoms with Crippen molar-refractivity contribution in [2.24, 2.45) is 0 Å². The second-order valence-electron chi connectivity index (χ2n) is 5.42. The van der Waals surface area contributed by atoms with Crippen molar-refractivity contribution >= 4 is 35.0 Å². The quantitative estimate of drug-likeness (QED) is 0.837. The molecule has 0 unspecified atom stereocenters. The number of hydrogen-bond acceptors (Lipinski definition) is 3. The number of hydrogen-bond donors (Lipinski definition) is 2. The van der Waals surface area contributed by atoms with Gasteiger partial charge in [-0.2, -0.15) is 0 Å². The van der Waals surface area contributed by atoms with Crippen LogP contribution in [0.25, 0.3) is 0 Å².